The maximum atomic E-state index is 13.6. The van der Waals surface area contributed by atoms with Crippen LogP contribution >= 0.6 is 11.6 Å². The quantitative estimate of drug-likeness (QED) is 0.799. The van der Waals surface area contributed by atoms with Gasteiger partial charge in [-0.3, -0.25) is 9.59 Å². The number of nitrogens with one attached hydrogen (secondary N) is 2. The van der Waals surface area contributed by atoms with Crippen molar-refractivity contribution in [1.29, 1.82) is 0 Å². The van der Waals surface area contributed by atoms with Gasteiger partial charge in [0.05, 0.1) is 11.1 Å². The van der Waals surface area contributed by atoms with Crippen molar-refractivity contribution in [1.82, 2.24) is 10.3 Å². The molecular weight excluding hydrogens is 323 g/mol. The molecule has 0 radical (unpaired) electrons. The number of aliphatic hydroxyl groups is 1. The normalized spacial score (nSPS) is 12.0. The van der Waals surface area contributed by atoms with E-state index in [4.69, 9.17) is 11.6 Å². The fourth-order valence-corrected chi connectivity index (χ4v) is 2.40. The molecule has 1 heterocycles. The van der Waals surface area contributed by atoms with Crippen LogP contribution in [-0.2, 0) is 0 Å². The van der Waals surface area contributed by atoms with Gasteiger partial charge in [-0.25, -0.2) is 4.39 Å². The van der Waals surface area contributed by atoms with Gasteiger partial charge < -0.3 is 15.4 Å². The number of aryl methyl sites for hydroxylation is 1. The lowest BCUT2D eigenvalue weighted by molar-refractivity contribution is 0.0912. The van der Waals surface area contributed by atoms with Crippen LogP contribution in [0.1, 0.15) is 33.3 Å². The molecule has 0 spiro atoms. The molecule has 1 aromatic heterocycles. The second-order valence-corrected chi connectivity index (χ2v) is 5.52. The Morgan fingerprint density at radius 3 is 2.70 bits per heavy atom. The first-order valence-corrected chi connectivity index (χ1v) is 7.30. The molecular formula is C16H16ClFN2O3. The molecule has 7 heteroatoms. The van der Waals surface area contributed by atoms with Crippen LogP contribution in [0.15, 0.2) is 29.1 Å². The number of aliphatic hydroxyl groups excluding tert-OH is 1. The number of rotatable bonds is 4. The molecule has 2 rings (SSSR count). The number of aromatic nitrogens is 1. The summed E-state index contributed by atoms with van der Waals surface area (Å²) in [5, 5.41) is 12.7. The number of carbonyl (C=O) groups excluding carboxylic acids is 1. The molecule has 0 aliphatic heterocycles. The van der Waals surface area contributed by atoms with Crippen molar-refractivity contribution in [2.24, 2.45) is 0 Å². The minimum absolute atomic E-state index is 0.0698. The molecule has 23 heavy (non-hydrogen) atoms. The van der Waals surface area contributed by atoms with Crippen LogP contribution in [0.3, 0.4) is 0 Å². The summed E-state index contributed by atoms with van der Waals surface area (Å²) in [6.45, 7) is 2.96. The van der Waals surface area contributed by atoms with Crippen molar-refractivity contribution >= 4 is 17.5 Å². The molecule has 0 fully saturated rings. The molecule has 0 saturated heterocycles. The van der Waals surface area contributed by atoms with Crippen LogP contribution in [0.25, 0.3) is 0 Å². The first kappa shape index (κ1) is 17.2. The van der Waals surface area contributed by atoms with Crippen LogP contribution in [-0.4, -0.2) is 22.5 Å². The number of hydrogen-bond donors (Lipinski definition) is 3. The molecule has 0 aliphatic carbocycles. The van der Waals surface area contributed by atoms with E-state index in [0.717, 1.165) is 0 Å². The van der Waals surface area contributed by atoms with E-state index in [2.05, 4.69) is 10.3 Å². The molecule has 0 unspecified atom stereocenters. The third-order valence-corrected chi connectivity index (χ3v) is 4.08. The van der Waals surface area contributed by atoms with E-state index in [1.807, 2.05) is 0 Å². The zero-order valence-electron chi connectivity index (χ0n) is 12.6. The topological polar surface area (TPSA) is 82.2 Å². The summed E-state index contributed by atoms with van der Waals surface area (Å²) in [7, 11) is 0. The third kappa shape index (κ3) is 3.60. The summed E-state index contributed by atoms with van der Waals surface area (Å²) in [4.78, 5) is 26.6. The van der Waals surface area contributed by atoms with Gasteiger partial charge in [0.1, 0.15) is 11.4 Å². The molecule has 1 aromatic carbocycles. The fraction of sp³-hybridized carbons (Fsp3) is 0.250. The lowest BCUT2D eigenvalue weighted by atomic mass is 10.1. The van der Waals surface area contributed by atoms with E-state index < -0.39 is 23.4 Å². The highest BCUT2D eigenvalue weighted by molar-refractivity contribution is 6.32. The summed E-state index contributed by atoms with van der Waals surface area (Å²) >= 11 is 6.03. The molecule has 0 aliphatic rings. The Bertz CT molecular complexity index is 804. The monoisotopic (exact) mass is 338 g/mol. The van der Waals surface area contributed by atoms with E-state index in [1.165, 1.54) is 18.2 Å². The molecule has 1 amide bonds. The summed E-state index contributed by atoms with van der Waals surface area (Å²) in [6.07, 6.45) is -1.22. The third-order valence-electron chi connectivity index (χ3n) is 3.51. The Morgan fingerprint density at radius 1 is 1.39 bits per heavy atom. The van der Waals surface area contributed by atoms with Crippen molar-refractivity contribution in [3.05, 3.63) is 67.8 Å². The van der Waals surface area contributed by atoms with Crippen molar-refractivity contribution in [3.63, 3.8) is 0 Å². The largest absolute Gasteiger partial charge is 0.386 e. The second-order valence-electron chi connectivity index (χ2n) is 5.14. The van der Waals surface area contributed by atoms with E-state index in [0.29, 0.717) is 16.3 Å². The van der Waals surface area contributed by atoms with E-state index >= 15 is 0 Å². The van der Waals surface area contributed by atoms with Gasteiger partial charge in [-0.1, -0.05) is 29.8 Å². The Labute approximate surface area is 137 Å². The Hall–Kier alpha value is -2.18. The Morgan fingerprint density at radius 2 is 2.04 bits per heavy atom. The highest BCUT2D eigenvalue weighted by atomic mass is 35.5. The van der Waals surface area contributed by atoms with Crippen molar-refractivity contribution in [2.75, 3.05) is 6.54 Å². The summed E-state index contributed by atoms with van der Waals surface area (Å²) < 4.78 is 13.6. The van der Waals surface area contributed by atoms with Gasteiger partial charge in [-0.15, -0.1) is 0 Å². The summed E-state index contributed by atoms with van der Waals surface area (Å²) in [6, 6.07) is 5.72. The minimum atomic E-state index is -1.22. The van der Waals surface area contributed by atoms with Gasteiger partial charge >= 0.3 is 0 Å². The molecule has 0 saturated carbocycles. The van der Waals surface area contributed by atoms with Crippen LogP contribution in [0, 0.1) is 19.7 Å². The van der Waals surface area contributed by atoms with Crippen molar-refractivity contribution in [2.45, 2.75) is 20.0 Å². The van der Waals surface area contributed by atoms with Gasteiger partial charge in [0.2, 0.25) is 0 Å². The van der Waals surface area contributed by atoms with Crippen LogP contribution < -0.4 is 10.9 Å². The zero-order valence-corrected chi connectivity index (χ0v) is 13.4. The van der Waals surface area contributed by atoms with Crippen LogP contribution in [0.2, 0.25) is 5.02 Å². The molecule has 0 bridgehead atoms. The number of H-pyrrole nitrogens is 1. The van der Waals surface area contributed by atoms with E-state index in [9.17, 15) is 19.1 Å². The maximum Gasteiger partial charge on any atom is 0.261 e. The van der Waals surface area contributed by atoms with E-state index in [1.54, 1.807) is 19.9 Å². The van der Waals surface area contributed by atoms with Crippen LogP contribution in [0.4, 0.5) is 4.39 Å². The number of hydrogen-bond acceptors (Lipinski definition) is 3. The summed E-state index contributed by atoms with van der Waals surface area (Å²) in [5.74, 6) is -1.25. The van der Waals surface area contributed by atoms with Gasteiger partial charge in [0, 0.05) is 17.8 Å². The standard InChI is InChI=1S/C16H16ClFN2O3/c1-8-13(16(23)20-9(2)14(8)17)15(22)19-7-12(21)10-5-3-4-6-11(10)18/h3-6,12,21H,7H2,1-2H3,(H,19,22)(H,20,23)/t12-/m1/s1. The average Bonchev–Trinajstić information content (AvgIpc) is 2.51. The fourth-order valence-electron chi connectivity index (χ4n) is 2.26. The molecule has 5 nitrogen and oxygen atoms in total. The predicted molar refractivity (Wildman–Crippen MR) is 85.2 cm³/mol. The number of pyridine rings is 1. The lowest BCUT2D eigenvalue weighted by Gasteiger charge is -2.14. The van der Waals surface area contributed by atoms with Gasteiger partial charge in [-0.2, -0.15) is 0 Å². The first-order chi connectivity index (χ1) is 10.8. The smallest absolute Gasteiger partial charge is 0.261 e. The average molecular weight is 339 g/mol. The summed E-state index contributed by atoms with van der Waals surface area (Å²) in [5.41, 5.74) is 0.201. The Balaban J connectivity index is 2.17. The lowest BCUT2D eigenvalue weighted by Crippen LogP contribution is -2.34. The van der Waals surface area contributed by atoms with Crippen LogP contribution in [0.5, 0.6) is 0 Å². The minimum Gasteiger partial charge on any atom is -0.386 e. The van der Waals surface area contributed by atoms with Gasteiger partial charge in [-0.05, 0) is 25.5 Å². The van der Waals surface area contributed by atoms with Crippen molar-refractivity contribution in [3.8, 4) is 0 Å². The predicted octanol–water partition coefficient (Wildman–Crippen LogP) is 2.25. The first-order valence-electron chi connectivity index (χ1n) is 6.92. The number of amides is 1. The molecule has 122 valence electrons. The number of halogens is 2. The Kier molecular flexibility index (Phi) is 5.18. The number of benzene rings is 1. The molecule has 2 aromatic rings. The second kappa shape index (κ2) is 6.93. The van der Waals surface area contributed by atoms with E-state index in [-0.39, 0.29) is 17.7 Å². The molecule has 1 atom stereocenters. The number of carbonyl (C=O) groups is 1. The SMILES string of the molecule is Cc1[nH]c(=O)c(C(=O)NC[C@@H](O)c2ccccc2F)c(C)c1Cl. The zero-order chi connectivity index (χ0) is 17.1. The molecule has 3 N–H and O–H groups in total. The maximum absolute atomic E-state index is 13.6. The van der Waals surface area contributed by atoms with Gasteiger partial charge in [0.15, 0.2) is 0 Å². The number of aromatic amines is 1. The van der Waals surface area contributed by atoms with Gasteiger partial charge in [0.25, 0.3) is 11.5 Å². The highest BCUT2D eigenvalue weighted by Gasteiger charge is 2.19. The highest BCUT2D eigenvalue weighted by Crippen LogP contribution is 2.19. The van der Waals surface area contributed by atoms with Crippen molar-refractivity contribution < 1.29 is 14.3 Å².